The molecule has 0 bridgehead atoms. The quantitative estimate of drug-likeness (QED) is 0.825. The molecule has 1 saturated carbocycles. The third-order valence-electron chi connectivity index (χ3n) is 3.92. The van der Waals surface area contributed by atoms with E-state index < -0.39 is 0 Å². The predicted molar refractivity (Wildman–Crippen MR) is 66.4 cm³/mol. The highest BCUT2D eigenvalue weighted by Crippen LogP contribution is 2.41. The summed E-state index contributed by atoms with van der Waals surface area (Å²) in [5.41, 5.74) is 1.94. The van der Waals surface area contributed by atoms with Crippen LogP contribution in [0.1, 0.15) is 37.7 Å². The largest absolute Gasteiger partial charge is 0.319 e. The van der Waals surface area contributed by atoms with Gasteiger partial charge in [-0.05, 0) is 43.7 Å². The number of nitrogens with zero attached hydrogens (tertiary/aromatic N) is 2. The van der Waals surface area contributed by atoms with E-state index in [0.717, 1.165) is 0 Å². The van der Waals surface area contributed by atoms with E-state index in [1.54, 1.807) is 0 Å². The zero-order valence-electron chi connectivity index (χ0n) is 10.5. The third kappa shape index (κ3) is 2.64. The maximum absolute atomic E-state index is 4.23. The Morgan fingerprint density at radius 2 is 2.19 bits per heavy atom. The van der Waals surface area contributed by atoms with Crippen molar-refractivity contribution in [3.05, 3.63) is 18.0 Å². The normalized spacial score (nSPS) is 19.1. The van der Waals surface area contributed by atoms with Gasteiger partial charge in [0, 0.05) is 19.8 Å². The summed E-state index contributed by atoms with van der Waals surface area (Å²) in [5, 5.41) is 7.60. The molecule has 1 aliphatic rings. The maximum Gasteiger partial charge on any atom is 0.0521 e. The lowest BCUT2D eigenvalue weighted by Crippen LogP contribution is -2.30. The van der Waals surface area contributed by atoms with Gasteiger partial charge in [-0.1, -0.05) is 12.8 Å². The van der Waals surface area contributed by atoms with Crippen molar-refractivity contribution in [1.29, 1.82) is 0 Å². The number of aryl methyl sites for hydroxylation is 2. The molecule has 1 fully saturated rings. The Morgan fingerprint density at radius 1 is 1.44 bits per heavy atom. The van der Waals surface area contributed by atoms with Gasteiger partial charge in [-0.3, -0.25) is 4.68 Å². The van der Waals surface area contributed by atoms with E-state index in [4.69, 9.17) is 0 Å². The highest BCUT2D eigenvalue weighted by atomic mass is 15.2. The van der Waals surface area contributed by atoms with E-state index in [1.165, 1.54) is 50.6 Å². The number of rotatable bonds is 5. The molecular weight excluding hydrogens is 198 g/mol. The van der Waals surface area contributed by atoms with E-state index in [9.17, 15) is 0 Å². The van der Waals surface area contributed by atoms with Crippen molar-refractivity contribution in [3.63, 3.8) is 0 Å². The van der Waals surface area contributed by atoms with Crippen molar-refractivity contribution in [3.8, 4) is 0 Å². The minimum atomic E-state index is 0.560. The molecule has 16 heavy (non-hydrogen) atoms. The van der Waals surface area contributed by atoms with Gasteiger partial charge in [0.15, 0.2) is 0 Å². The smallest absolute Gasteiger partial charge is 0.0521 e. The van der Waals surface area contributed by atoms with Crippen LogP contribution in [0.15, 0.2) is 12.4 Å². The molecule has 0 amide bonds. The predicted octanol–water partition coefficient (Wildman–Crippen LogP) is 2.13. The second-order valence-electron chi connectivity index (χ2n) is 5.26. The van der Waals surface area contributed by atoms with Crippen LogP contribution in [0.2, 0.25) is 0 Å². The second-order valence-corrected chi connectivity index (χ2v) is 5.26. The summed E-state index contributed by atoms with van der Waals surface area (Å²) in [4.78, 5) is 0. The molecule has 3 heteroatoms. The molecule has 0 aliphatic heterocycles. The van der Waals surface area contributed by atoms with Gasteiger partial charge in [0.05, 0.1) is 6.20 Å². The Morgan fingerprint density at radius 3 is 2.75 bits per heavy atom. The van der Waals surface area contributed by atoms with Gasteiger partial charge in [0.1, 0.15) is 0 Å². The lowest BCUT2D eigenvalue weighted by molar-refractivity contribution is 0.264. The lowest BCUT2D eigenvalue weighted by atomic mass is 9.80. The van der Waals surface area contributed by atoms with Crippen LogP contribution in [-0.2, 0) is 13.5 Å². The van der Waals surface area contributed by atoms with Gasteiger partial charge in [-0.15, -0.1) is 0 Å². The molecule has 1 N–H and O–H groups in total. The molecule has 0 saturated heterocycles. The molecule has 0 aromatic carbocycles. The van der Waals surface area contributed by atoms with Gasteiger partial charge in [-0.2, -0.15) is 5.10 Å². The van der Waals surface area contributed by atoms with Gasteiger partial charge in [0.25, 0.3) is 0 Å². The molecule has 90 valence electrons. The summed E-state index contributed by atoms with van der Waals surface area (Å²) in [5.74, 6) is 0. The fourth-order valence-electron chi connectivity index (χ4n) is 3.03. The summed E-state index contributed by atoms with van der Waals surface area (Å²) >= 11 is 0. The molecule has 1 heterocycles. The highest BCUT2D eigenvalue weighted by molar-refractivity contribution is 5.05. The first-order valence-electron chi connectivity index (χ1n) is 6.36. The van der Waals surface area contributed by atoms with E-state index in [2.05, 4.69) is 23.7 Å². The average Bonchev–Trinajstić information content (AvgIpc) is 2.86. The van der Waals surface area contributed by atoms with Crippen LogP contribution in [-0.4, -0.2) is 23.4 Å². The van der Waals surface area contributed by atoms with E-state index in [-0.39, 0.29) is 0 Å². The SMILES string of the molecule is CNCC1(CCc2cnn(C)c2)CCCC1. The molecule has 1 aromatic heterocycles. The van der Waals surface area contributed by atoms with Gasteiger partial charge < -0.3 is 5.32 Å². The molecule has 3 nitrogen and oxygen atoms in total. The maximum atomic E-state index is 4.23. The first kappa shape index (κ1) is 11.6. The summed E-state index contributed by atoms with van der Waals surface area (Å²) < 4.78 is 1.90. The van der Waals surface area contributed by atoms with Crippen LogP contribution in [0.4, 0.5) is 0 Å². The zero-order chi connectivity index (χ0) is 11.4. The number of hydrogen-bond acceptors (Lipinski definition) is 2. The molecule has 1 aliphatic carbocycles. The summed E-state index contributed by atoms with van der Waals surface area (Å²) in [6, 6.07) is 0. The van der Waals surface area contributed by atoms with Crippen LogP contribution in [0, 0.1) is 5.41 Å². The van der Waals surface area contributed by atoms with E-state index in [0.29, 0.717) is 5.41 Å². The first-order valence-corrected chi connectivity index (χ1v) is 6.36. The Labute approximate surface area is 98.2 Å². The Bertz CT molecular complexity index is 324. The molecule has 0 spiro atoms. The third-order valence-corrected chi connectivity index (χ3v) is 3.92. The Hall–Kier alpha value is -0.830. The number of nitrogens with one attached hydrogen (secondary N) is 1. The number of aromatic nitrogens is 2. The van der Waals surface area contributed by atoms with Crippen molar-refractivity contribution in [2.75, 3.05) is 13.6 Å². The molecule has 0 radical (unpaired) electrons. The Kier molecular flexibility index (Phi) is 3.64. The molecule has 2 rings (SSSR count). The van der Waals surface area contributed by atoms with Gasteiger partial charge in [0.2, 0.25) is 0 Å². The summed E-state index contributed by atoms with van der Waals surface area (Å²) in [7, 11) is 4.06. The number of hydrogen-bond donors (Lipinski definition) is 1. The first-order chi connectivity index (χ1) is 7.74. The Balaban J connectivity index is 1.91. The van der Waals surface area contributed by atoms with Crippen LogP contribution in [0.3, 0.4) is 0 Å². The van der Waals surface area contributed by atoms with Crippen LogP contribution < -0.4 is 5.32 Å². The topological polar surface area (TPSA) is 29.9 Å². The molecule has 0 unspecified atom stereocenters. The average molecular weight is 221 g/mol. The van der Waals surface area contributed by atoms with Crippen molar-refractivity contribution in [2.24, 2.45) is 12.5 Å². The summed E-state index contributed by atoms with van der Waals surface area (Å²) in [6.07, 6.45) is 12.2. The minimum absolute atomic E-state index is 0.560. The molecule has 0 atom stereocenters. The van der Waals surface area contributed by atoms with E-state index in [1.807, 2.05) is 17.9 Å². The fraction of sp³-hybridized carbons (Fsp3) is 0.769. The van der Waals surface area contributed by atoms with Crippen molar-refractivity contribution in [1.82, 2.24) is 15.1 Å². The lowest BCUT2D eigenvalue weighted by Gasteiger charge is -2.28. The van der Waals surface area contributed by atoms with Crippen LogP contribution >= 0.6 is 0 Å². The van der Waals surface area contributed by atoms with Gasteiger partial charge in [-0.25, -0.2) is 0 Å². The fourth-order valence-corrected chi connectivity index (χ4v) is 3.03. The molecular formula is C13H23N3. The van der Waals surface area contributed by atoms with Crippen molar-refractivity contribution >= 4 is 0 Å². The van der Waals surface area contributed by atoms with Gasteiger partial charge >= 0.3 is 0 Å². The minimum Gasteiger partial charge on any atom is -0.319 e. The zero-order valence-corrected chi connectivity index (χ0v) is 10.5. The van der Waals surface area contributed by atoms with Crippen LogP contribution in [0.25, 0.3) is 0 Å². The van der Waals surface area contributed by atoms with Crippen molar-refractivity contribution in [2.45, 2.75) is 38.5 Å². The standard InChI is InChI=1S/C13H23N3/c1-14-11-13(6-3-4-7-13)8-5-12-9-15-16(2)10-12/h9-10,14H,3-8,11H2,1-2H3. The molecule has 1 aromatic rings. The monoisotopic (exact) mass is 221 g/mol. The highest BCUT2D eigenvalue weighted by Gasteiger charge is 2.32. The van der Waals surface area contributed by atoms with Crippen molar-refractivity contribution < 1.29 is 0 Å². The van der Waals surface area contributed by atoms with Crippen LogP contribution in [0.5, 0.6) is 0 Å². The summed E-state index contributed by atoms with van der Waals surface area (Å²) in [6.45, 7) is 1.17. The van der Waals surface area contributed by atoms with E-state index >= 15 is 0 Å². The second kappa shape index (κ2) is 5.00.